The fourth-order valence-corrected chi connectivity index (χ4v) is 1.76. The van der Waals surface area contributed by atoms with Crippen molar-refractivity contribution >= 4 is 14.0 Å². The Morgan fingerprint density at radius 3 is 2.58 bits per heavy atom. The molecule has 5 heteroatoms. The maximum absolute atomic E-state index is 10.8. The molecule has 0 unspecified atom stereocenters. The molecule has 0 radical (unpaired) electrons. The number of carbonyl (C=O) groups excluding carboxylic acids is 1. The van der Waals surface area contributed by atoms with E-state index in [2.05, 4.69) is 31.1 Å². The van der Waals surface area contributed by atoms with Gasteiger partial charge in [0.1, 0.15) is 13.8 Å². The minimum atomic E-state index is -1.51. The van der Waals surface area contributed by atoms with Crippen molar-refractivity contribution in [1.82, 2.24) is 0 Å². The second kappa shape index (κ2) is 6.41. The quantitative estimate of drug-likeness (QED) is 0.472. The molecule has 0 amide bonds. The van der Waals surface area contributed by atoms with Gasteiger partial charge in [0.05, 0.1) is 11.5 Å². The summed E-state index contributed by atoms with van der Waals surface area (Å²) in [6.07, 6.45) is 0. The molecule has 102 valence electrons. The van der Waals surface area contributed by atoms with Crippen molar-refractivity contribution in [3.63, 3.8) is 0 Å². The summed E-state index contributed by atoms with van der Waals surface area (Å²) in [6.45, 7) is 6.43. The number of methoxy groups -OCH3 is 1. The Kier molecular flexibility index (Phi) is 5.16. The van der Waals surface area contributed by atoms with Gasteiger partial charge in [-0.25, -0.2) is 0 Å². The fraction of sp³-hybridized carbons (Fsp3) is 0.357. The molecule has 1 aromatic rings. The van der Waals surface area contributed by atoms with Crippen molar-refractivity contribution in [2.45, 2.75) is 19.6 Å². The van der Waals surface area contributed by atoms with E-state index in [1.54, 1.807) is 6.07 Å². The van der Waals surface area contributed by atoms with Crippen LogP contribution in [0.25, 0.3) is 0 Å². The Labute approximate surface area is 114 Å². The van der Waals surface area contributed by atoms with Crippen LogP contribution in [0.1, 0.15) is 15.9 Å². The Morgan fingerprint density at radius 1 is 1.37 bits per heavy atom. The Hall–Kier alpha value is -1.77. The van der Waals surface area contributed by atoms with Gasteiger partial charge in [-0.05, 0) is 12.1 Å². The third kappa shape index (κ3) is 5.16. The summed E-state index contributed by atoms with van der Waals surface area (Å²) in [5.74, 6) is 2.20. The Balaban J connectivity index is 3.14. The summed E-state index contributed by atoms with van der Waals surface area (Å²) in [4.78, 5) is 10.8. The zero-order valence-corrected chi connectivity index (χ0v) is 12.6. The third-order valence-electron chi connectivity index (χ3n) is 2.12. The molecule has 0 bridgehead atoms. The highest BCUT2D eigenvalue weighted by Crippen LogP contribution is 2.20. The maximum atomic E-state index is 10.8. The second-order valence-corrected chi connectivity index (χ2v) is 9.80. The first-order chi connectivity index (χ1) is 8.83. The topological polar surface area (TPSA) is 58.6 Å². The van der Waals surface area contributed by atoms with Crippen LogP contribution in [0.5, 0.6) is 5.75 Å². The SMILES string of the molecule is COCOc1cc(C(=O)[O-])ccc1C#C[Si](C)(C)C. The van der Waals surface area contributed by atoms with Gasteiger partial charge < -0.3 is 19.4 Å². The molecule has 0 saturated carbocycles. The fourth-order valence-electron chi connectivity index (χ4n) is 1.25. The van der Waals surface area contributed by atoms with Gasteiger partial charge in [-0.15, -0.1) is 5.54 Å². The summed E-state index contributed by atoms with van der Waals surface area (Å²) in [7, 11) is -0.0101. The van der Waals surface area contributed by atoms with Crippen LogP contribution in [0.15, 0.2) is 18.2 Å². The first-order valence-electron chi connectivity index (χ1n) is 5.84. The van der Waals surface area contributed by atoms with E-state index in [-0.39, 0.29) is 12.4 Å². The summed E-state index contributed by atoms with van der Waals surface area (Å²) in [6, 6.07) is 4.50. The molecule has 0 aliphatic carbocycles. The zero-order valence-electron chi connectivity index (χ0n) is 11.6. The number of hydrogen-bond donors (Lipinski definition) is 0. The summed E-state index contributed by atoms with van der Waals surface area (Å²) in [5.41, 5.74) is 3.93. The van der Waals surface area contributed by atoms with Crippen LogP contribution in [0.4, 0.5) is 0 Å². The molecule has 0 fully saturated rings. The molecule has 4 nitrogen and oxygen atoms in total. The van der Waals surface area contributed by atoms with Crippen molar-refractivity contribution in [1.29, 1.82) is 0 Å². The number of benzene rings is 1. The molecule has 1 aromatic carbocycles. The number of carbonyl (C=O) groups is 1. The maximum Gasteiger partial charge on any atom is 0.188 e. The summed E-state index contributed by atoms with van der Waals surface area (Å²) in [5, 5.41) is 10.8. The monoisotopic (exact) mass is 277 g/mol. The predicted octanol–water partition coefficient (Wildman–Crippen LogP) is 1.26. The van der Waals surface area contributed by atoms with Crippen LogP contribution in [0.3, 0.4) is 0 Å². The molecule has 0 aliphatic heterocycles. The van der Waals surface area contributed by atoms with Crippen LogP contribution >= 0.6 is 0 Å². The third-order valence-corrected chi connectivity index (χ3v) is 3.00. The van der Waals surface area contributed by atoms with Gasteiger partial charge in [0.15, 0.2) is 6.79 Å². The van der Waals surface area contributed by atoms with E-state index in [1.807, 2.05) is 0 Å². The predicted molar refractivity (Wildman–Crippen MR) is 73.5 cm³/mol. The number of aromatic carboxylic acids is 1. The molecule has 0 heterocycles. The van der Waals surface area contributed by atoms with Gasteiger partial charge in [-0.2, -0.15) is 0 Å². The van der Waals surface area contributed by atoms with Gasteiger partial charge in [0, 0.05) is 12.7 Å². The van der Waals surface area contributed by atoms with Crippen LogP contribution in [0.2, 0.25) is 19.6 Å². The number of carboxylic acid groups (broad SMARTS) is 1. The van der Waals surface area contributed by atoms with E-state index in [4.69, 9.17) is 9.47 Å². The van der Waals surface area contributed by atoms with Gasteiger partial charge in [0.25, 0.3) is 0 Å². The summed E-state index contributed by atoms with van der Waals surface area (Å²) >= 11 is 0. The molecule has 0 N–H and O–H groups in total. The minimum Gasteiger partial charge on any atom is -0.545 e. The lowest BCUT2D eigenvalue weighted by Crippen LogP contribution is -2.22. The first kappa shape index (κ1) is 15.3. The van der Waals surface area contributed by atoms with Crippen LogP contribution in [-0.2, 0) is 4.74 Å². The Bertz CT molecular complexity index is 520. The van der Waals surface area contributed by atoms with Crippen molar-refractivity contribution < 1.29 is 19.4 Å². The smallest absolute Gasteiger partial charge is 0.188 e. The first-order valence-corrected chi connectivity index (χ1v) is 9.34. The molecule has 1 rings (SSSR count). The van der Waals surface area contributed by atoms with E-state index in [1.165, 1.54) is 19.2 Å². The van der Waals surface area contributed by atoms with Crippen LogP contribution in [0, 0.1) is 11.5 Å². The van der Waals surface area contributed by atoms with E-state index in [9.17, 15) is 9.90 Å². The molecule has 0 aliphatic rings. The molecule has 19 heavy (non-hydrogen) atoms. The minimum absolute atomic E-state index is 0.0398. The van der Waals surface area contributed by atoms with Crippen molar-refractivity contribution in [3.05, 3.63) is 29.3 Å². The lowest BCUT2D eigenvalue weighted by Gasteiger charge is -2.10. The second-order valence-electron chi connectivity index (χ2n) is 5.05. The number of rotatable bonds is 4. The highest BCUT2D eigenvalue weighted by Gasteiger charge is 2.09. The molecule has 0 saturated heterocycles. The van der Waals surface area contributed by atoms with Crippen LogP contribution in [-0.4, -0.2) is 27.9 Å². The molecular formula is C14H17O4Si-. The van der Waals surface area contributed by atoms with E-state index >= 15 is 0 Å². The number of carboxylic acids is 1. The highest BCUT2D eigenvalue weighted by atomic mass is 28.3. The molecule has 0 atom stereocenters. The molecule has 0 spiro atoms. The van der Waals surface area contributed by atoms with Gasteiger partial charge in [0.2, 0.25) is 0 Å². The highest BCUT2D eigenvalue weighted by molar-refractivity contribution is 6.83. The van der Waals surface area contributed by atoms with E-state index in [0.717, 1.165) is 0 Å². The van der Waals surface area contributed by atoms with Crippen LogP contribution < -0.4 is 9.84 Å². The average Bonchev–Trinajstić information content (AvgIpc) is 2.33. The zero-order chi connectivity index (χ0) is 14.5. The van der Waals surface area contributed by atoms with Gasteiger partial charge in [-0.1, -0.05) is 31.6 Å². The largest absolute Gasteiger partial charge is 0.545 e. The number of hydrogen-bond acceptors (Lipinski definition) is 4. The standard InChI is InChI=1S/C14H18O4Si/c1-17-10-18-13-9-12(14(15)16)6-5-11(13)7-8-19(2,3)4/h5-6,9H,10H2,1-4H3,(H,15,16)/p-1. The average molecular weight is 277 g/mol. The lowest BCUT2D eigenvalue weighted by atomic mass is 10.1. The van der Waals surface area contributed by atoms with Crippen molar-refractivity contribution in [3.8, 4) is 17.2 Å². The van der Waals surface area contributed by atoms with E-state index < -0.39 is 14.0 Å². The molecule has 0 aromatic heterocycles. The summed E-state index contributed by atoms with van der Waals surface area (Å²) < 4.78 is 10.2. The van der Waals surface area contributed by atoms with Crippen molar-refractivity contribution in [2.24, 2.45) is 0 Å². The van der Waals surface area contributed by atoms with Gasteiger partial charge in [-0.3, -0.25) is 0 Å². The Morgan fingerprint density at radius 2 is 2.05 bits per heavy atom. The van der Waals surface area contributed by atoms with Gasteiger partial charge >= 0.3 is 0 Å². The van der Waals surface area contributed by atoms with E-state index in [0.29, 0.717) is 11.3 Å². The number of ether oxygens (including phenoxy) is 2. The lowest BCUT2D eigenvalue weighted by molar-refractivity contribution is -0.255. The normalized spacial score (nSPS) is 10.5. The molecular weight excluding hydrogens is 260 g/mol. The van der Waals surface area contributed by atoms with Crippen molar-refractivity contribution in [2.75, 3.05) is 13.9 Å².